The van der Waals surface area contributed by atoms with E-state index in [0.29, 0.717) is 17.1 Å². The van der Waals surface area contributed by atoms with Gasteiger partial charge in [-0.05, 0) is 6.42 Å². The standard InChI is InChI=1S/C12H17ClF2N2O2/c1-3-9-12(13)10(17(2)16-9)6-8(18)4-5-19-7-11(14)15/h11H,3-7H2,1-2H3. The lowest BCUT2D eigenvalue weighted by Crippen LogP contribution is -2.12. The normalized spacial score (nSPS) is 11.3. The van der Waals surface area contributed by atoms with Crippen molar-refractivity contribution in [3.8, 4) is 0 Å². The summed E-state index contributed by atoms with van der Waals surface area (Å²) in [6.45, 7) is 1.29. The van der Waals surface area contributed by atoms with E-state index in [2.05, 4.69) is 9.84 Å². The van der Waals surface area contributed by atoms with E-state index in [1.54, 1.807) is 11.7 Å². The molecule has 0 atom stereocenters. The van der Waals surface area contributed by atoms with Crippen LogP contribution in [0.4, 0.5) is 8.78 Å². The Morgan fingerprint density at radius 3 is 2.74 bits per heavy atom. The van der Waals surface area contributed by atoms with E-state index in [9.17, 15) is 13.6 Å². The van der Waals surface area contributed by atoms with Gasteiger partial charge in [-0.25, -0.2) is 8.78 Å². The van der Waals surface area contributed by atoms with Crippen LogP contribution in [0.5, 0.6) is 0 Å². The van der Waals surface area contributed by atoms with Crippen molar-refractivity contribution in [2.75, 3.05) is 13.2 Å². The number of Topliss-reactive ketones (excluding diaryl/α,β-unsaturated/α-hetero) is 1. The van der Waals surface area contributed by atoms with E-state index in [1.165, 1.54) is 0 Å². The third-order valence-corrected chi connectivity index (χ3v) is 3.07. The van der Waals surface area contributed by atoms with Crippen molar-refractivity contribution in [1.29, 1.82) is 0 Å². The zero-order valence-electron chi connectivity index (χ0n) is 11.0. The number of aromatic nitrogens is 2. The lowest BCUT2D eigenvalue weighted by Gasteiger charge is -2.04. The number of hydrogen-bond acceptors (Lipinski definition) is 3. The maximum atomic E-state index is 11.8. The quantitative estimate of drug-likeness (QED) is 0.692. The highest BCUT2D eigenvalue weighted by Gasteiger charge is 2.16. The highest BCUT2D eigenvalue weighted by Crippen LogP contribution is 2.21. The predicted molar refractivity (Wildman–Crippen MR) is 67.7 cm³/mol. The van der Waals surface area contributed by atoms with Crippen LogP contribution in [-0.2, 0) is 29.4 Å². The SMILES string of the molecule is CCc1nn(C)c(CC(=O)CCOCC(F)F)c1Cl. The molecular weight excluding hydrogens is 278 g/mol. The van der Waals surface area contributed by atoms with Crippen molar-refractivity contribution in [2.45, 2.75) is 32.6 Å². The van der Waals surface area contributed by atoms with Crippen LogP contribution in [0.3, 0.4) is 0 Å². The molecule has 0 saturated carbocycles. The Morgan fingerprint density at radius 2 is 2.21 bits per heavy atom. The van der Waals surface area contributed by atoms with Gasteiger partial charge in [-0.3, -0.25) is 9.48 Å². The number of rotatable bonds is 8. The number of aryl methyl sites for hydroxylation is 2. The van der Waals surface area contributed by atoms with Gasteiger partial charge in [0.15, 0.2) is 0 Å². The summed E-state index contributed by atoms with van der Waals surface area (Å²) in [5, 5.41) is 4.71. The van der Waals surface area contributed by atoms with Gasteiger partial charge in [0.2, 0.25) is 0 Å². The minimum atomic E-state index is -2.51. The van der Waals surface area contributed by atoms with Crippen molar-refractivity contribution in [3.05, 3.63) is 16.4 Å². The first-order valence-corrected chi connectivity index (χ1v) is 6.41. The lowest BCUT2D eigenvalue weighted by atomic mass is 10.1. The van der Waals surface area contributed by atoms with Crippen molar-refractivity contribution < 1.29 is 18.3 Å². The van der Waals surface area contributed by atoms with E-state index in [4.69, 9.17) is 11.6 Å². The van der Waals surface area contributed by atoms with E-state index in [1.807, 2.05) is 6.92 Å². The summed E-state index contributed by atoms with van der Waals surface area (Å²) in [4.78, 5) is 11.7. The lowest BCUT2D eigenvalue weighted by molar-refractivity contribution is -0.120. The Labute approximate surface area is 115 Å². The van der Waals surface area contributed by atoms with Gasteiger partial charge in [0.25, 0.3) is 6.43 Å². The molecule has 19 heavy (non-hydrogen) atoms. The molecule has 0 radical (unpaired) electrons. The minimum Gasteiger partial charge on any atom is -0.375 e. The minimum absolute atomic E-state index is 0.000716. The zero-order valence-corrected chi connectivity index (χ0v) is 11.7. The molecule has 0 amide bonds. The van der Waals surface area contributed by atoms with Crippen molar-refractivity contribution in [1.82, 2.24) is 9.78 Å². The molecule has 0 saturated heterocycles. The van der Waals surface area contributed by atoms with Crippen LogP contribution < -0.4 is 0 Å². The molecule has 0 bridgehead atoms. The largest absolute Gasteiger partial charge is 0.375 e. The summed E-state index contributed by atoms with van der Waals surface area (Å²) in [5.41, 5.74) is 1.40. The third kappa shape index (κ3) is 4.87. The average molecular weight is 295 g/mol. The number of hydrogen-bond donors (Lipinski definition) is 0. The average Bonchev–Trinajstić information content (AvgIpc) is 2.62. The number of ether oxygens (including phenoxy) is 1. The van der Waals surface area contributed by atoms with E-state index in [-0.39, 0.29) is 25.2 Å². The maximum Gasteiger partial charge on any atom is 0.261 e. The molecular formula is C12H17ClF2N2O2. The zero-order chi connectivity index (χ0) is 14.4. The van der Waals surface area contributed by atoms with Crippen LogP contribution in [0.15, 0.2) is 0 Å². The van der Waals surface area contributed by atoms with Crippen LogP contribution >= 0.6 is 11.6 Å². The Bertz CT molecular complexity index is 436. The maximum absolute atomic E-state index is 11.8. The van der Waals surface area contributed by atoms with Crippen molar-refractivity contribution >= 4 is 17.4 Å². The summed E-state index contributed by atoms with van der Waals surface area (Å²) in [6.07, 6.45) is -1.58. The summed E-state index contributed by atoms with van der Waals surface area (Å²) in [5.74, 6) is -0.109. The molecule has 0 aliphatic carbocycles. The van der Waals surface area contributed by atoms with Gasteiger partial charge in [0, 0.05) is 19.9 Å². The van der Waals surface area contributed by atoms with Crippen LogP contribution in [-0.4, -0.2) is 35.2 Å². The monoisotopic (exact) mass is 294 g/mol. The molecule has 7 heteroatoms. The van der Waals surface area contributed by atoms with E-state index >= 15 is 0 Å². The molecule has 0 spiro atoms. The molecule has 0 aliphatic rings. The van der Waals surface area contributed by atoms with Gasteiger partial charge in [-0.15, -0.1) is 0 Å². The molecule has 0 N–H and O–H groups in total. The van der Waals surface area contributed by atoms with Gasteiger partial charge >= 0.3 is 0 Å². The number of alkyl halides is 2. The van der Waals surface area contributed by atoms with Crippen LogP contribution in [0.1, 0.15) is 24.7 Å². The first kappa shape index (κ1) is 16.0. The second kappa shape index (κ2) is 7.55. The van der Waals surface area contributed by atoms with Gasteiger partial charge in [0.1, 0.15) is 12.4 Å². The third-order valence-electron chi connectivity index (χ3n) is 2.64. The van der Waals surface area contributed by atoms with Gasteiger partial charge in [0.05, 0.1) is 23.0 Å². The highest BCUT2D eigenvalue weighted by molar-refractivity contribution is 6.32. The molecule has 0 fully saturated rings. The fraction of sp³-hybridized carbons (Fsp3) is 0.667. The molecule has 1 heterocycles. The Balaban J connectivity index is 2.46. The van der Waals surface area contributed by atoms with Crippen molar-refractivity contribution in [2.24, 2.45) is 7.05 Å². The van der Waals surface area contributed by atoms with Crippen LogP contribution in [0, 0.1) is 0 Å². The molecule has 0 aliphatic heterocycles. The van der Waals surface area contributed by atoms with Crippen LogP contribution in [0.2, 0.25) is 5.02 Å². The van der Waals surface area contributed by atoms with Gasteiger partial charge in [-0.1, -0.05) is 18.5 Å². The summed E-state index contributed by atoms with van der Waals surface area (Å²) in [7, 11) is 1.72. The van der Waals surface area contributed by atoms with Gasteiger partial charge in [-0.2, -0.15) is 5.10 Å². The summed E-state index contributed by atoms with van der Waals surface area (Å²) in [6, 6.07) is 0. The van der Waals surface area contributed by atoms with Gasteiger partial charge < -0.3 is 4.74 Å². The Morgan fingerprint density at radius 1 is 1.53 bits per heavy atom. The number of nitrogens with zero attached hydrogens (tertiary/aromatic N) is 2. The summed E-state index contributed by atoms with van der Waals surface area (Å²) >= 11 is 6.11. The first-order valence-electron chi connectivity index (χ1n) is 6.03. The molecule has 1 aromatic heterocycles. The van der Waals surface area contributed by atoms with E-state index < -0.39 is 13.0 Å². The Kier molecular flexibility index (Phi) is 6.37. The fourth-order valence-corrected chi connectivity index (χ4v) is 2.01. The first-order chi connectivity index (χ1) is 8.95. The molecule has 1 rings (SSSR count). The number of halogens is 3. The Hall–Kier alpha value is -1.01. The topological polar surface area (TPSA) is 44.1 Å². The fourth-order valence-electron chi connectivity index (χ4n) is 1.65. The molecule has 1 aromatic rings. The summed E-state index contributed by atoms with van der Waals surface area (Å²) < 4.78 is 29.9. The second-order valence-corrected chi connectivity index (χ2v) is 4.49. The van der Waals surface area contributed by atoms with Crippen molar-refractivity contribution in [3.63, 3.8) is 0 Å². The van der Waals surface area contributed by atoms with E-state index in [0.717, 1.165) is 5.69 Å². The second-order valence-electron chi connectivity index (χ2n) is 4.12. The molecule has 108 valence electrons. The molecule has 0 unspecified atom stereocenters. The molecule has 4 nitrogen and oxygen atoms in total. The highest BCUT2D eigenvalue weighted by atomic mass is 35.5. The number of carbonyl (C=O) groups is 1. The number of ketones is 1. The molecule has 0 aromatic carbocycles. The van der Waals surface area contributed by atoms with Crippen LogP contribution in [0.25, 0.3) is 0 Å². The predicted octanol–water partition coefficient (Wildman–Crippen LogP) is 2.42. The number of carbonyl (C=O) groups excluding carboxylic acids is 1. The smallest absolute Gasteiger partial charge is 0.261 e.